The van der Waals surface area contributed by atoms with E-state index < -0.39 is 0 Å². The van der Waals surface area contributed by atoms with Gasteiger partial charge in [-0.15, -0.1) is 0 Å². The summed E-state index contributed by atoms with van der Waals surface area (Å²) in [5.74, 6) is 0. The number of halogens is 1. The van der Waals surface area contributed by atoms with Crippen LogP contribution in [0.5, 0.6) is 0 Å². The van der Waals surface area contributed by atoms with Crippen LogP contribution >= 0.6 is 11.6 Å². The lowest BCUT2D eigenvalue weighted by atomic mass is 10.0. The molecule has 1 rings (SSSR count). The van der Waals surface area contributed by atoms with Gasteiger partial charge < -0.3 is 15.2 Å². The van der Waals surface area contributed by atoms with Gasteiger partial charge in [-0.2, -0.15) is 0 Å². The Bertz CT molecular complexity index is 369. The molecule has 1 aromatic rings. The molecule has 1 atom stereocenters. The van der Waals surface area contributed by atoms with Crippen LogP contribution in [0.25, 0.3) is 0 Å². The van der Waals surface area contributed by atoms with Crippen molar-refractivity contribution >= 4 is 11.6 Å². The fraction of sp³-hybridized carbons (Fsp3) is 0.600. The zero-order valence-electron chi connectivity index (χ0n) is 12.3. The molecule has 5 heteroatoms. The first-order chi connectivity index (χ1) is 9.67. The molecule has 0 amide bonds. The van der Waals surface area contributed by atoms with Gasteiger partial charge in [0.1, 0.15) is 0 Å². The highest BCUT2D eigenvalue weighted by Crippen LogP contribution is 2.18. The average Bonchev–Trinajstić information content (AvgIpc) is 2.46. The Kier molecular flexibility index (Phi) is 8.82. The summed E-state index contributed by atoms with van der Waals surface area (Å²) in [4.78, 5) is 2.30. The second kappa shape index (κ2) is 10.1. The molecule has 4 nitrogen and oxygen atoms in total. The third-order valence-corrected chi connectivity index (χ3v) is 3.49. The minimum Gasteiger partial charge on any atom is -0.383 e. The number of nitrogens with zero attached hydrogens (tertiary/aromatic N) is 1. The molecule has 0 spiro atoms. The average molecular weight is 301 g/mol. The van der Waals surface area contributed by atoms with Crippen LogP contribution in [-0.4, -0.2) is 52.0 Å². The van der Waals surface area contributed by atoms with E-state index in [0.717, 1.165) is 49.9 Å². The highest BCUT2D eigenvalue weighted by molar-refractivity contribution is 6.30. The van der Waals surface area contributed by atoms with Gasteiger partial charge in [0.15, 0.2) is 0 Å². The van der Waals surface area contributed by atoms with Gasteiger partial charge in [0.05, 0.1) is 13.2 Å². The zero-order valence-corrected chi connectivity index (χ0v) is 13.1. The van der Waals surface area contributed by atoms with Crippen molar-refractivity contribution in [2.75, 3.05) is 47.1 Å². The monoisotopic (exact) mass is 300 g/mol. The van der Waals surface area contributed by atoms with Gasteiger partial charge in [-0.25, -0.2) is 0 Å². The summed E-state index contributed by atoms with van der Waals surface area (Å²) < 4.78 is 10.3. The fourth-order valence-corrected chi connectivity index (χ4v) is 2.20. The minimum atomic E-state index is 0.00119. The lowest BCUT2D eigenvalue weighted by Gasteiger charge is -2.23. The number of hydrogen-bond acceptors (Lipinski definition) is 4. The van der Waals surface area contributed by atoms with Crippen LogP contribution in [0.4, 0.5) is 0 Å². The number of nitrogens with two attached hydrogens (primary N) is 1. The normalized spacial score (nSPS) is 12.8. The van der Waals surface area contributed by atoms with E-state index in [2.05, 4.69) is 4.90 Å². The summed E-state index contributed by atoms with van der Waals surface area (Å²) >= 11 is 5.99. The number of ether oxygens (including phenoxy) is 2. The van der Waals surface area contributed by atoms with Gasteiger partial charge in [-0.1, -0.05) is 23.7 Å². The molecule has 0 saturated carbocycles. The molecule has 0 heterocycles. The maximum Gasteiger partial charge on any atom is 0.0589 e. The lowest BCUT2D eigenvalue weighted by molar-refractivity contribution is 0.112. The van der Waals surface area contributed by atoms with Gasteiger partial charge in [0.2, 0.25) is 0 Å². The highest BCUT2D eigenvalue weighted by Gasteiger charge is 2.10. The van der Waals surface area contributed by atoms with E-state index in [1.54, 1.807) is 14.2 Å². The Morgan fingerprint density at radius 3 is 2.35 bits per heavy atom. The van der Waals surface area contributed by atoms with Gasteiger partial charge in [0.25, 0.3) is 0 Å². The zero-order chi connectivity index (χ0) is 14.8. The smallest absolute Gasteiger partial charge is 0.0589 e. The van der Waals surface area contributed by atoms with Crippen LogP contribution in [0.15, 0.2) is 24.3 Å². The number of rotatable bonds is 10. The Balaban J connectivity index is 2.44. The topological polar surface area (TPSA) is 47.7 Å². The Morgan fingerprint density at radius 1 is 1.15 bits per heavy atom. The first-order valence-corrected chi connectivity index (χ1v) is 7.26. The molecule has 0 aromatic heterocycles. The second-order valence-corrected chi connectivity index (χ2v) is 5.21. The van der Waals surface area contributed by atoms with Crippen LogP contribution in [0.2, 0.25) is 5.02 Å². The van der Waals surface area contributed by atoms with Crippen molar-refractivity contribution in [3.63, 3.8) is 0 Å². The quantitative estimate of drug-likeness (QED) is 0.720. The van der Waals surface area contributed by atoms with E-state index >= 15 is 0 Å². The predicted molar refractivity (Wildman–Crippen MR) is 83.2 cm³/mol. The number of hydrogen-bond donors (Lipinski definition) is 1. The van der Waals surface area contributed by atoms with Crippen molar-refractivity contribution in [3.8, 4) is 0 Å². The van der Waals surface area contributed by atoms with Gasteiger partial charge in [-0.3, -0.25) is 4.90 Å². The predicted octanol–water partition coefficient (Wildman–Crippen LogP) is 2.32. The first-order valence-electron chi connectivity index (χ1n) is 6.88. The molecule has 1 aromatic carbocycles. The van der Waals surface area contributed by atoms with Crippen LogP contribution in [0, 0.1) is 0 Å². The molecular weight excluding hydrogens is 276 g/mol. The van der Waals surface area contributed by atoms with E-state index in [0.29, 0.717) is 0 Å². The third kappa shape index (κ3) is 6.68. The Morgan fingerprint density at radius 2 is 1.80 bits per heavy atom. The summed E-state index contributed by atoms with van der Waals surface area (Å²) in [6, 6.07) is 7.75. The molecule has 0 radical (unpaired) electrons. The van der Waals surface area contributed by atoms with Gasteiger partial charge in [0, 0.05) is 44.9 Å². The molecule has 0 fully saturated rings. The van der Waals surface area contributed by atoms with Crippen molar-refractivity contribution < 1.29 is 9.47 Å². The van der Waals surface area contributed by atoms with E-state index in [4.69, 9.17) is 26.8 Å². The van der Waals surface area contributed by atoms with Gasteiger partial charge in [-0.05, 0) is 24.1 Å². The van der Waals surface area contributed by atoms with Crippen LogP contribution in [-0.2, 0) is 9.47 Å². The SMILES string of the molecule is COCCN(CCOC)CCC(N)c1cccc(Cl)c1. The van der Waals surface area contributed by atoms with E-state index in [1.807, 2.05) is 24.3 Å². The first kappa shape index (κ1) is 17.4. The molecule has 0 aliphatic heterocycles. The summed E-state index contributed by atoms with van der Waals surface area (Å²) in [5.41, 5.74) is 7.30. The molecular formula is C15H25ClN2O2. The van der Waals surface area contributed by atoms with Crippen LogP contribution in [0.3, 0.4) is 0 Å². The fourth-order valence-electron chi connectivity index (χ4n) is 2.00. The molecule has 0 aliphatic carbocycles. The molecule has 0 saturated heterocycles. The van der Waals surface area contributed by atoms with E-state index in [1.165, 1.54) is 0 Å². The summed E-state index contributed by atoms with van der Waals surface area (Å²) in [6.45, 7) is 4.14. The van der Waals surface area contributed by atoms with E-state index in [9.17, 15) is 0 Å². The van der Waals surface area contributed by atoms with Gasteiger partial charge >= 0.3 is 0 Å². The summed E-state index contributed by atoms with van der Waals surface area (Å²) in [7, 11) is 3.43. The van der Waals surface area contributed by atoms with E-state index in [-0.39, 0.29) is 6.04 Å². The lowest BCUT2D eigenvalue weighted by Crippen LogP contribution is -2.33. The van der Waals surface area contributed by atoms with Crippen molar-refractivity contribution in [2.24, 2.45) is 5.73 Å². The largest absolute Gasteiger partial charge is 0.383 e. The third-order valence-electron chi connectivity index (χ3n) is 3.26. The Hall–Kier alpha value is -0.650. The molecule has 1 unspecified atom stereocenters. The number of methoxy groups -OCH3 is 2. The standard InChI is InChI=1S/C15H25ClN2O2/c1-19-10-8-18(9-11-20-2)7-6-15(17)13-4-3-5-14(16)12-13/h3-5,12,15H,6-11,17H2,1-2H3. The second-order valence-electron chi connectivity index (χ2n) is 4.78. The van der Waals surface area contributed by atoms with Crippen molar-refractivity contribution in [1.29, 1.82) is 0 Å². The van der Waals surface area contributed by atoms with Crippen LogP contribution in [0.1, 0.15) is 18.0 Å². The summed E-state index contributed by atoms with van der Waals surface area (Å²) in [6.07, 6.45) is 0.883. The van der Waals surface area contributed by atoms with Crippen molar-refractivity contribution in [1.82, 2.24) is 4.90 Å². The maximum atomic E-state index is 6.22. The number of benzene rings is 1. The molecule has 114 valence electrons. The minimum absolute atomic E-state index is 0.00119. The molecule has 0 bridgehead atoms. The van der Waals surface area contributed by atoms with Crippen molar-refractivity contribution in [2.45, 2.75) is 12.5 Å². The molecule has 2 N–H and O–H groups in total. The van der Waals surface area contributed by atoms with Crippen LogP contribution < -0.4 is 5.73 Å². The molecule has 0 aliphatic rings. The van der Waals surface area contributed by atoms with Crippen molar-refractivity contribution in [3.05, 3.63) is 34.9 Å². The summed E-state index contributed by atoms with van der Waals surface area (Å²) in [5, 5.41) is 0.730. The molecule has 20 heavy (non-hydrogen) atoms. The Labute approximate surface area is 126 Å². The maximum absolute atomic E-state index is 6.22. The highest BCUT2D eigenvalue weighted by atomic mass is 35.5.